The van der Waals surface area contributed by atoms with Gasteiger partial charge in [-0.2, -0.15) is 0 Å². The standard InChI is InChI=1S/C19H23NO3/c1-19(2,3)15-9-7-13(8-10-15)17(22)12-20-18(23)14-5-4-6-16(21)11-14/h4-11,17,21-22H,12H2,1-3H3,(H,20,23). The predicted molar refractivity (Wildman–Crippen MR) is 90.5 cm³/mol. The highest BCUT2D eigenvalue weighted by atomic mass is 16.3. The van der Waals surface area contributed by atoms with Gasteiger partial charge in [-0.25, -0.2) is 0 Å². The maximum atomic E-state index is 12.0. The van der Waals surface area contributed by atoms with Gasteiger partial charge < -0.3 is 15.5 Å². The van der Waals surface area contributed by atoms with Gasteiger partial charge in [0.1, 0.15) is 5.75 Å². The molecule has 0 fully saturated rings. The lowest BCUT2D eigenvalue weighted by molar-refractivity contribution is 0.0916. The Kier molecular flexibility index (Phi) is 5.06. The number of aromatic hydroxyl groups is 1. The summed E-state index contributed by atoms with van der Waals surface area (Å²) in [5, 5.41) is 22.2. The van der Waals surface area contributed by atoms with Gasteiger partial charge in [0.05, 0.1) is 6.10 Å². The molecular weight excluding hydrogens is 290 g/mol. The largest absolute Gasteiger partial charge is 0.508 e. The molecule has 0 bridgehead atoms. The Morgan fingerprint density at radius 2 is 1.78 bits per heavy atom. The van der Waals surface area contributed by atoms with E-state index < -0.39 is 6.10 Å². The van der Waals surface area contributed by atoms with Crippen molar-refractivity contribution in [3.8, 4) is 5.75 Å². The highest BCUT2D eigenvalue weighted by Gasteiger charge is 2.15. The first-order chi connectivity index (χ1) is 10.8. The van der Waals surface area contributed by atoms with Gasteiger partial charge in [0, 0.05) is 12.1 Å². The van der Waals surface area contributed by atoms with E-state index in [4.69, 9.17) is 0 Å². The van der Waals surface area contributed by atoms with E-state index in [-0.39, 0.29) is 23.6 Å². The van der Waals surface area contributed by atoms with E-state index in [0.29, 0.717) is 5.56 Å². The van der Waals surface area contributed by atoms with E-state index >= 15 is 0 Å². The second-order valence-corrected chi connectivity index (χ2v) is 6.65. The van der Waals surface area contributed by atoms with Crippen LogP contribution in [0.1, 0.15) is 48.4 Å². The number of hydrogen-bond donors (Lipinski definition) is 3. The Bertz CT molecular complexity index is 672. The average molecular weight is 313 g/mol. The number of carbonyl (C=O) groups excluding carboxylic acids is 1. The van der Waals surface area contributed by atoms with Crippen LogP contribution in [0.25, 0.3) is 0 Å². The first-order valence-corrected chi connectivity index (χ1v) is 7.63. The zero-order valence-electron chi connectivity index (χ0n) is 13.7. The van der Waals surface area contributed by atoms with Gasteiger partial charge in [0.15, 0.2) is 0 Å². The lowest BCUT2D eigenvalue weighted by Crippen LogP contribution is -2.28. The Labute approximate surface area is 136 Å². The molecule has 4 nitrogen and oxygen atoms in total. The van der Waals surface area contributed by atoms with Crippen molar-refractivity contribution in [3.05, 3.63) is 65.2 Å². The average Bonchev–Trinajstić information content (AvgIpc) is 2.51. The van der Waals surface area contributed by atoms with Gasteiger partial charge >= 0.3 is 0 Å². The van der Waals surface area contributed by atoms with E-state index in [1.165, 1.54) is 17.7 Å². The molecule has 0 saturated carbocycles. The van der Waals surface area contributed by atoms with Crippen LogP contribution in [0.15, 0.2) is 48.5 Å². The molecule has 2 aromatic carbocycles. The summed E-state index contributed by atoms with van der Waals surface area (Å²) in [7, 11) is 0. The molecule has 0 aliphatic rings. The van der Waals surface area contributed by atoms with Crippen molar-refractivity contribution < 1.29 is 15.0 Å². The first kappa shape index (κ1) is 17.0. The number of amides is 1. The summed E-state index contributed by atoms with van der Waals surface area (Å²) in [6, 6.07) is 13.9. The molecule has 122 valence electrons. The summed E-state index contributed by atoms with van der Waals surface area (Å²) in [6.07, 6.45) is -0.773. The molecule has 0 saturated heterocycles. The fraction of sp³-hybridized carbons (Fsp3) is 0.316. The summed E-state index contributed by atoms with van der Waals surface area (Å²) in [5.74, 6) is -0.290. The van der Waals surface area contributed by atoms with Crippen LogP contribution in [0.3, 0.4) is 0 Å². The topological polar surface area (TPSA) is 69.6 Å². The predicted octanol–water partition coefficient (Wildman–Crippen LogP) is 3.15. The van der Waals surface area contributed by atoms with Crippen LogP contribution in [0.4, 0.5) is 0 Å². The molecule has 2 rings (SSSR count). The molecule has 0 aliphatic carbocycles. The van der Waals surface area contributed by atoms with E-state index in [2.05, 4.69) is 26.1 Å². The third kappa shape index (κ3) is 4.57. The number of aliphatic hydroxyl groups excluding tert-OH is 1. The highest BCUT2D eigenvalue weighted by molar-refractivity contribution is 5.94. The summed E-state index contributed by atoms with van der Waals surface area (Å²) < 4.78 is 0. The zero-order valence-corrected chi connectivity index (χ0v) is 13.7. The molecule has 0 aliphatic heterocycles. The van der Waals surface area contributed by atoms with Gasteiger partial charge in [-0.15, -0.1) is 0 Å². The Balaban J connectivity index is 1.97. The van der Waals surface area contributed by atoms with Crippen LogP contribution >= 0.6 is 0 Å². The van der Waals surface area contributed by atoms with Crippen molar-refractivity contribution in [1.82, 2.24) is 5.32 Å². The molecule has 1 amide bonds. The molecule has 0 heterocycles. The molecule has 0 spiro atoms. The lowest BCUT2D eigenvalue weighted by Gasteiger charge is -2.20. The van der Waals surface area contributed by atoms with Gasteiger partial charge in [0.25, 0.3) is 5.91 Å². The minimum atomic E-state index is -0.773. The van der Waals surface area contributed by atoms with Gasteiger partial charge in [0.2, 0.25) is 0 Å². The number of aliphatic hydroxyl groups is 1. The van der Waals surface area contributed by atoms with E-state index in [9.17, 15) is 15.0 Å². The molecule has 2 aromatic rings. The molecule has 0 aromatic heterocycles. The fourth-order valence-corrected chi connectivity index (χ4v) is 2.26. The molecule has 1 atom stereocenters. The maximum absolute atomic E-state index is 12.0. The molecule has 0 radical (unpaired) electrons. The van der Waals surface area contributed by atoms with E-state index in [0.717, 1.165) is 5.56 Å². The SMILES string of the molecule is CC(C)(C)c1ccc(C(O)CNC(=O)c2cccc(O)c2)cc1. The molecule has 23 heavy (non-hydrogen) atoms. The number of rotatable bonds is 4. The number of phenolic OH excluding ortho intramolecular Hbond substituents is 1. The van der Waals surface area contributed by atoms with Crippen molar-refractivity contribution in [1.29, 1.82) is 0 Å². The van der Waals surface area contributed by atoms with Gasteiger partial charge in [-0.1, -0.05) is 51.1 Å². The van der Waals surface area contributed by atoms with Crippen molar-refractivity contribution in [2.75, 3.05) is 6.54 Å². The van der Waals surface area contributed by atoms with E-state index in [1.54, 1.807) is 12.1 Å². The lowest BCUT2D eigenvalue weighted by atomic mass is 9.86. The number of phenols is 1. The highest BCUT2D eigenvalue weighted by Crippen LogP contribution is 2.23. The summed E-state index contributed by atoms with van der Waals surface area (Å²) in [4.78, 5) is 12.0. The minimum Gasteiger partial charge on any atom is -0.508 e. The van der Waals surface area contributed by atoms with Gasteiger partial charge in [-0.3, -0.25) is 4.79 Å². The van der Waals surface area contributed by atoms with Crippen LogP contribution in [0, 0.1) is 0 Å². The summed E-state index contributed by atoms with van der Waals surface area (Å²) in [5.41, 5.74) is 2.37. The van der Waals surface area contributed by atoms with Crippen molar-refractivity contribution in [3.63, 3.8) is 0 Å². The monoisotopic (exact) mass is 313 g/mol. The molecular formula is C19H23NO3. The van der Waals surface area contributed by atoms with Crippen LogP contribution < -0.4 is 5.32 Å². The Morgan fingerprint density at radius 1 is 1.13 bits per heavy atom. The Morgan fingerprint density at radius 3 is 2.35 bits per heavy atom. The zero-order chi connectivity index (χ0) is 17.0. The summed E-state index contributed by atoms with van der Waals surface area (Å²) >= 11 is 0. The van der Waals surface area contributed by atoms with Crippen molar-refractivity contribution in [2.45, 2.75) is 32.3 Å². The molecule has 4 heteroatoms. The third-order valence-electron chi connectivity index (χ3n) is 3.73. The Hall–Kier alpha value is -2.33. The summed E-state index contributed by atoms with van der Waals surface area (Å²) in [6.45, 7) is 6.51. The van der Waals surface area contributed by atoms with E-state index in [1.807, 2.05) is 24.3 Å². The smallest absolute Gasteiger partial charge is 0.251 e. The van der Waals surface area contributed by atoms with Gasteiger partial charge in [-0.05, 0) is 34.7 Å². The van der Waals surface area contributed by atoms with Crippen molar-refractivity contribution in [2.24, 2.45) is 0 Å². The van der Waals surface area contributed by atoms with Crippen LogP contribution in [0.5, 0.6) is 5.75 Å². The molecule has 3 N–H and O–H groups in total. The number of nitrogens with one attached hydrogen (secondary N) is 1. The maximum Gasteiger partial charge on any atom is 0.251 e. The minimum absolute atomic E-state index is 0.0379. The fourth-order valence-electron chi connectivity index (χ4n) is 2.26. The number of benzene rings is 2. The van der Waals surface area contributed by atoms with Crippen LogP contribution in [-0.2, 0) is 5.41 Å². The first-order valence-electron chi connectivity index (χ1n) is 7.63. The number of carbonyl (C=O) groups is 1. The second-order valence-electron chi connectivity index (χ2n) is 6.65. The molecule has 1 unspecified atom stereocenters. The van der Waals surface area contributed by atoms with Crippen molar-refractivity contribution >= 4 is 5.91 Å². The van der Waals surface area contributed by atoms with Crippen LogP contribution in [-0.4, -0.2) is 22.7 Å². The second kappa shape index (κ2) is 6.84. The quantitative estimate of drug-likeness (QED) is 0.812. The van der Waals surface area contributed by atoms with Crippen LogP contribution in [0.2, 0.25) is 0 Å². The third-order valence-corrected chi connectivity index (χ3v) is 3.73. The normalized spacial score (nSPS) is 12.7. The number of hydrogen-bond acceptors (Lipinski definition) is 3.